The van der Waals surface area contributed by atoms with Gasteiger partial charge in [-0.1, -0.05) is 17.9 Å². The number of aromatic amines is 1. The Morgan fingerprint density at radius 2 is 2.28 bits per heavy atom. The molecule has 18 heavy (non-hydrogen) atoms. The maximum absolute atomic E-state index is 10.8. The van der Waals surface area contributed by atoms with E-state index in [4.69, 9.17) is 5.11 Å². The summed E-state index contributed by atoms with van der Waals surface area (Å²) in [5.74, 6) is 5.16. The predicted octanol–water partition coefficient (Wildman–Crippen LogP) is 1.83. The second-order valence-corrected chi connectivity index (χ2v) is 3.95. The van der Waals surface area contributed by atoms with E-state index in [1.807, 2.05) is 25.2 Å². The molecule has 92 valence electrons. The Kier molecular flexibility index (Phi) is 3.66. The molecule has 0 radical (unpaired) electrons. The van der Waals surface area contributed by atoms with Crippen molar-refractivity contribution < 1.29 is 9.90 Å². The molecular weight excluding hydrogens is 228 g/mol. The lowest BCUT2D eigenvalue weighted by Crippen LogP contribution is -2.05. The summed E-state index contributed by atoms with van der Waals surface area (Å²) in [4.78, 5) is 13.7. The Labute approximate surface area is 105 Å². The highest BCUT2D eigenvalue weighted by Crippen LogP contribution is 2.16. The van der Waals surface area contributed by atoms with E-state index in [0.29, 0.717) is 0 Å². The number of nitrogens with one attached hydrogen (secondary N) is 2. The number of fused-ring (bicyclic) bond motifs is 1. The summed E-state index contributed by atoms with van der Waals surface area (Å²) < 4.78 is 0. The van der Waals surface area contributed by atoms with Gasteiger partial charge < -0.3 is 15.4 Å². The average Bonchev–Trinajstić information content (AvgIpc) is 2.78. The van der Waals surface area contributed by atoms with Crippen LogP contribution in [0.5, 0.6) is 0 Å². The van der Waals surface area contributed by atoms with E-state index in [0.717, 1.165) is 29.4 Å². The van der Waals surface area contributed by atoms with E-state index < -0.39 is 5.97 Å². The predicted molar refractivity (Wildman–Crippen MR) is 70.7 cm³/mol. The van der Waals surface area contributed by atoms with E-state index in [2.05, 4.69) is 22.1 Å². The number of carboxylic acids is 1. The molecule has 3 N–H and O–H groups in total. The van der Waals surface area contributed by atoms with Crippen molar-refractivity contribution in [1.82, 2.24) is 10.3 Å². The van der Waals surface area contributed by atoms with Gasteiger partial charge in [0.15, 0.2) is 0 Å². The molecule has 1 aromatic carbocycles. The number of H-pyrrole nitrogens is 1. The summed E-state index contributed by atoms with van der Waals surface area (Å²) in [6.45, 7) is 0.862. The molecule has 0 aliphatic carbocycles. The summed E-state index contributed by atoms with van der Waals surface area (Å²) in [6.07, 6.45) is 0.791. The van der Waals surface area contributed by atoms with Crippen molar-refractivity contribution in [3.8, 4) is 11.8 Å². The first-order chi connectivity index (χ1) is 8.70. The minimum absolute atomic E-state index is 0.199. The summed E-state index contributed by atoms with van der Waals surface area (Å²) in [6, 6.07) is 7.26. The zero-order valence-electron chi connectivity index (χ0n) is 10.1. The van der Waals surface area contributed by atoms with Crippen LogP contribution < -0.4 is 5.32 Å². The molecule has 4 nitrogen and oxygen atoms in total. The summed E-state index contributed by atoms with van der Waals surface area (Å²) >= 11 is 0. The lowest BCUT2D eigenvalue weighted by molar-refractivity contribution is 0.0691. The molecule has 1 heterocycles. The van der Waals surface area contributed by atoms with Crippen LogP contribution in [0.1, 0.15) is 22.5 Å². The van der Waals surface area contributed by atoms with Crippen LogP contribution in [0.4, 0.5) is 0 Å². The van der Waals surface area contributed by atoms with Gasteiger partial charge in [-0.05, 0) is 25.2 Å². The standard InChI is InChI=1S/C14H14N2O2/c1-15-7-3-2-4-10-5-6-11-9-13(14(17)18)16-12(11)8-10/h5-6,8-9,15-16H,3,7H2,1H3,(H,17,18). The Hall–Kier alpha value is -2.25. The highest BCUT2D eigenvalue weighted by atomic mass is 16.4. The number of aromatic carboxylic acids is 1. The second kappa shape index (κ2) is 5.39. The fourth-order valence-corrected chi connectivity index (χ4v) is 1.67. The van der Waals surface area contributed by atoms with Gasteiger partial charge in [0.25, 0.3) is 0 Å². The van der Waals surface area contributed by atoms with E-state index in [1.54, 1.807) is 6.07 Å². The van der Waals surface area contributed by atoms with Crippen molar-refractivity contribution >= 4 is 16.9 Å². The van der Waals surface area contributed by atoms with Crippen LogP contribution in [0.2, 0.25) is 0 Å². The Bertz CT molecular complexity index is 632. The van der Waals surface area contributed by atoms with E-state index in [1.165, 1.54) is 0 Å². The quantitative estimate of drug-likeness (QED) is 0.568. The van der Waals surface area contributed by atoms with Gasteiger partial charge in [0.2, 0.25) is 0 Å². The van der Waals surface area contributed by atoms with Crippen molar-refractivity contribution in [1.29, 1.82) is 0 Å². The molecule has 0 fully saturated rings. The fourth-order valence-electron chi connectivity index (χ4n) is 1.67. The zero-order valence-corrected chi connectivity index (χ0v) is 10.1. The van der Waals surface area contributed by atoms with Crippen LogP contribution in [-0.2, 0) is 0 Å². The van der Waals surface area contributed by atoms with Crippen LogP contribution in [0, 0.1) is 11.8 Å². The van der Waals surface area contributed by atoms with E-state index >= 15 is 0 Å². The number of hydrogen-bond acceptors (Lipinski definition) is 2. The van der Waals surface area contributed by atoms with Crippen LogP contribution >= 0.6 is 0 Å². The molecule has 0 saturated carbocycles. The van der Waals surface area contributed by atoms with Crippen LogP contribution in [0.15, 0.2) is 24.3 Å². The van der Waals surface area contributed by atoms with Gasteiger partial charge in [-0.3, -0.25) is 0 Å². The first kappa shape index (κ1) is 12.2. The lowest BCUT2D eigenvalue weighted by atomic mass is 10.1. The molecule has 1 aromatic heterocycles. The second-order valence-electron chi connectivity index (χ2n) is 3.95. The molecule has 4 heteroatoms. The third kappa shape index (κ3) is 2.70. The van der Waals surface area contributed by atoms with Gasteiger partial charge in [0.1, 0.15) is 5.69 Å². The van der Waals surface area contributed by atoms with Gasteiger partial charge in [-0.25, -0.2) is 4.79 Å². The summed E-state index contributed by atoms with van der Waals surface area (Å²) in [5.41, 5.74) is 1.88. The molecule has 0 unspecified atom stereocenters. The number of carboxylic acid groups (broad SMARTS) is 1. The largest absolute Gasteiger partial charge is 0.477 e. The maximum atomic E-state index is 10.8. The molecule has 0 aliphatic heterocycles. The average molecular weight is 242 g/mol. The van der Waals surface area contributed by atoms with Gasteiger partial charge in [0, 0.05) is 29.4 Å². The van der Waals surface area contributed by atoms with E-state index in [9.17, 15) is 4.79 Å². The number of carbonyl (C=O) groups is 1. The number of aromatic nitrogens is 1. The smallest absolute Gasteiger partial charge is 0.352 e. The number of benzene rings is 1. The SMILES string of the molecule is CNCCC#Cc1ccc2cc(C(=O)O)[nH]c2c1. The molecule has 0 saturated heterocycles. The van der Waals surface area contributed by atoms with Gasteiger partial charge in [0.05, 0.1) is 0 Å². The molecule has 2 rings (SSSR count). The molecule has 0 amide bonds. The normalized spacial score (nSPS) is 10.1. The van der Waals surface area contributed by atoms with Crippen molar-refractivity contribution in [3.05, 3.63) is 35.5 Å². The van der Waals surface area contributed by atoms with Crippen molar-refractivity contribution in [2.45, 2.75) is 6.42 Å². The minimum atomic E-state index is -0.951. The highest BCUT2D eigenvalue weighted by molar-refractivity contribution is 5.94. The fraction of sp³-hybridized carbons (Fsp3) is 0.214. The molecule has 0 atom stereocenters. The third-order valence-corrected chi connectivity index (χ3v) is 2.59. The molecule has 0 spiro atoms. The maximum Gasteiger partial charge on any atom is 0.352 e. The zero-order chi connectivity index (χ0) is 13.0. The number of rotatable bonds is 3. The first-order valence-electron chi connectivity index (χ1n) is 5.70. The molecule has 0 aliphatic rings. The molecule has 2 aromatic rings. The molecular formula is C14H14N2O2. The van der Waals surface area contributed by atoms with Gasteiger partial charge >= 0.3 is 5.97 Å². The topological polar surface area (TPSA) is 65.1 Å². The number of hydrogen-bond donors (Lipinski definition) is 3. The van der Waals surface area contributed by atoms with Crippen molar-refractivity contribution in [2.24, 2.45) is 0 Å². The molecule has 0 bridgehead atoms. The third-order valence-electron chi connectivity index (χ3n) is 2.59. The monoisotopic (exact) mass is 242 g/mol. The van der Waals surface area contributed by atoms with Crippen molar-refractivity contribution in [3.63, 3.8) is 0 Å². The van der Waals surface area contributed by atoms with E-state index in [-0.39, 0.29) is 5.69 Å². The van der Waals surface area contributed by atoms with Crippen LogP contribution in [0.3, 0.4) is 0 Å². The highest BCUT2D eigenvalue weighted by Gasteiger charge is 2.06. The van der Waals surface area contributed by atoms with Gasteiger partial charge in [-0.15, -0.1) is 0 Å². The Balaban J connectivity index is 2.26. The van der Waals surface area contributed by atoms with Gasteiger partial charge in [-0.2, -0.15) is 0 Å². The Morgan fingerprint density at radius 3 is 3.00 bits per heavy atom. The first-order valence-corrected chi connectivity index (χ1v) is 5.70. The summed E-state index contributed by atoms with van der Waals surface area (Å²) in [7, 11) is 1.89. The van der Waals surface area contributed by atoms with Crippen molar-refractivity contribution in [2.75, 3.05) is 13.6 Å². The minimum Gasteiger partial charge on any atom is -0.477 e. The van der Waals surface area contributed by atoms with Crippen LogP contribution in [0.25, 0.3) is 10.9 Å². The lowest BCUT2D eigenvalue weighted by Gasteiger charge is -1.92. The van der Waals surface area contributed by atoms with Crippen LogP contribution in [-0.4, -0.2) is 29.7 Å². The summed E-state index contributed by atoms with van der Waals surface area (Å²) in [5, 5.41) is 12.8. The Morgan fingerprint density at radius 1 is 1.44 bits per heavy atom.